The highest BCUT2D eigenvalue weighted by Gasteiger charge is 2.44. The van der Waals surface area contributed by atoms with Crippen molar-refractivity contribution in [3.63, 3.8) is 0 Å². The summed E-state index contributed by atoms with van der Waals surface area (Å²) in [4.78, 5) is 12.8. The standard InChI is InChI=1S/C16H18N6O4/c17-13-10-14(21-16(20-13)19-8-4-2-1-3-5-8)22(7-18-10)15-12(25)11(24)9(6-23)26-15/h1-5,7,9,11-12,15,23-25H,6H2,(H3,17,19,20,21)/t9-,11+,12-,15-/m1/s1. The van der Waals surface area contributed by atoms with Crippen molar-refractivity contribution in [3.8, 4) is 0 Å². The van der Waals surface area contributed by atoms with Crippen molar-refractivity contribution in [3.05, 3.63) is 36.7 Å². The monoisotopic (exact) mass is 358 g/mol. The average Bonchev–Trinajstić information content (AvgIpc) is 3.18. The van der Waals surface area contributed by atoms with Crippen LogP contribution in [0.3, 0.4) is 0 Å². The number of hydrogen-bond donors (Lipinski definition) is 5. The summed E-state index contributed by atoms with van der Waals surface area (Å²) >= 11 is 0. The van der Waals surface area contributed by atoms with Crippen molar-refractivity contribution in [2.45, 2.75) is 24.5 Å². The molecule has 1 saturated heterocycles. The molecule has 4 atom stereocenters. The third-order valence-corrected chi connectivity index (χ3v) is 4.27. The van der Waals surface area contributed by atoms with E-state index in [-0.39, 0.29) is 11.8 Å². The maximum atomic E-state index is 10.2. The molecule has 1 aliphatic rings. The van der Waals surface area contributed by atoms with Crippen LogP contribution in [-0.2, 0) is 4.74 Å². The van der Waals surface area contributed by atoms with Crippen LogP contribution in [0, 0.1) is 0 Å². The molecule has 0 radical (unpaired) electrons. The van der Waals surface area contributed by atoms with Gasteiger partial charge in [0, 0.05) is 5.69 Å². The second-order valence-electron chi connectivity index (χ2n) is 5.98. The smallest absolute Gasteiger partial charge is 0.231 e. The maximum absolute atomic E-state index is 10.2. The number of para-hydroxylation sites is 1. The molecule has 0 aliphatic carbocycles. The summed E-state index contributed by atoms with van der Waals surface area (Å²) in [5.74, 6) is 0.425. The van der Waals surface area contributed by atoms with Crippen LogP contribution in [-0.4, -0.2) is 59.8 Å². The Balaban J connectivity index is 1.73. The third-order valence-electron chi connectivity index (χ3n) is 4.27. The predicted molar refractivity (Wildman–Crippen MR) is 92.5 cm³/mol. The van der Waals surface area contributed by atoms with Crippen molar-refractivity contribution in [2.24, 2.45) is 0 Å². The van der Waals surface area contributed by atoms with Crippen molar-refractivity contribution in [1.29, 1.82) is 0 Å². The molecule has 10 nitrogen and oxygen atoms in total. The minimum atomic E-state index is -1.24. The second-order valence-corrected chi connectivity index (χ2v) is 5.98. The van der Waals surface area contributed by atoms with Crippen molar-refractivity contribution in [1.82, 2.24) is 19.5 Å². The van der Waals surface area contributed by atoms with Gasteiger partial charge < -0.3 is 31.1 Å². The van der Waals surface area contributed by atoms with Gasteiger partial charge in [-0.25, -0.2) is 4.98 Å². The molecule has 136 valence electrons. The van der Waals surface area contributed by atoms with Gasteiger partial charge >= 0.3 is 0 Å². The van der Waals surface area contributed by atoms with Crippen LogP contribution < -0.4 is 11.1 Å². The van der Waals surface area contributed by atoms with Crippen molar-refractivity contribution >= 4 is 28.6 Å². The Labute approximate surface area is 147 Å². The Morgan fingerprint density at radius 2 is 1.92 bits per heavy atom. The summed E-state index contributed by atoms with van der Waals surface area (Å²) in [6.07, 6.45) is -2.91. The number of anilines is 3. The molecule has 2 aromatic heterocycles. The first-order chi connectivity index (χ1) is 12.6. The van der Waals surface area contributed by atoms with Crippen LogP contribution in [0.25, 0.3) is 11.2 Å². The quantitative estimate of drug-likeness (QED) is 0.425. The highest BCUT2D eigenvalue weighted by Crippen LogP contribution is 2.32. The summed E-state index contributed by atoms with van der Waals surface area (Å²) < 4.78 is 7.00. The van der Waals surface area contributed by atoms with E-state index in [0.717, 1.165) is 5.69 Å². The predicted octanol–water partition coefficient (Wildman–Crippen LogP) is -0.236. The lowest BCUT2D eigenvalue weighted by Gasteiger charge is -2.16. The van der Waals surface area contributed by atoms with E-state index in [4.69, 9.17) is 10.5 Å². The van der Waals surface area contributed by atoms with E-state index in [1.54, 1.807) is 0 Å². The Hall–Kier alpha value is -2.79. The van der Waals surface area contributed by atoms with E-state index in [1.165, 1.54) is 10.9 Å². The fourth-order valence-corrected chi connectivity index (χ4v) is 2.94. The lowest BCUT2D eigenvalue weighted by atomic mass is 10.1. The molecule has 0 bridgehead atoms. The first-order valence-electron chi connectivity index (χ1n) is 8.03. The number of benzene rings is 1. The normalized spacial score (nSPS) is 25.7. The van der Waals surface area contributed by atoms with Crippen LogP contribution in [0.15, 0.2) is 36.7 Å². The topological polar surface area (TPSA) is 152 Å². The molecule has 0 saturated carbocycles. The second kappa shape index (κ2) is 6.50. The van der Waals surface area contributed by atoms with E-state index < -0.39 is 31.1 Å². The lowest BCUT2D eigenvalue weighted by Crippen LogP contribution is -2.33. The molecule has 10 heteroatoms. The minimum absolute atomic E-state index is 0.166. The largest absolute Gasteiger partial charge is 0.394 e. The van der Waals surface area contributed by atoms with Gasteiger partial charge in [-0.05, 0) is 12.1 Å². The lowest BCUT2D eigenvalue weighted by molar-refractivity contribution is -0.0511. The third kappa shape index (κ3) is 2.74. The van der Waals surface area contributed by atoms with Crippen molar-refractivity contribution in [2.75, 3.05) is 17.7 Å². The van der Waals surface area contributed by atoms with E-state index in [1.807, 2.05) is 30.3 Å². The average molecular weight is 358 g/mol. The van der Waals surface area contributed by atoms with Crippen molar-refractivity contribution < 1.29 is 20.1 Å². The Morgan fingerprint density at radius 3 is 2.62 bits per heavy atom. The number of nitrogens with zero attached hydrogens (tertiary/aromatic N) is 4. The first kappa shape index (κ1) is 16.7. The summed E-state index contributed by atoms with van der Waals surface area (Å²) in [6, 6.07) is 9.34. The Bertz CT molecular complexity index is 918. The summed E-state index contributed by atoms with van der Waals surface area (Å²) in [5.41, 5.74) is 7.45. The SMILES string of the molecule is Nc1nc(Nc2ccccc2)nc2c1ncn2[C@@H]1O[C@H](CO)[C@H](O)[C@H]1O. The Kier molecular flexibility index (Phi) is 4.17. The molecule has 1 aliphatic heterocycles. The van der Waals surface area contributed by atoms with E-state index in [2.05, 4.69) is 20.3 Å². The number of ether oxygens (including phenoxy) is 1. The number of rotatable bonds is 4. The zero-order valence-corrected chi connectivity index (χ0v) is 13.6. The van der Waals surface area contributed by atoms with E-state index in [9.17, 15) is 15.3 Å². The van der Waals surface area contributed by atoms with E-state index in [0.29, 0.717) is 11.2 Å². The highest BCUT2D eigenvalue weighted by atomic mass is 16.6. The van der Waals surface area contributed by atoms with Gasteiger partial charge in [0.2, 0.25) is 5.95 Å². The van der Waals surface area contributed by atoms with Crippen LogP contribution in [0.2, 0.25) is 0 Å². The van der Waals surface area contributed by atoms with Crippen LogP contribution in [0.5, 0.6) is 0 Å². The van der Waals surface area contributed by atoms with Gasteiger partial charge in [0.25, 0.3) is 0 Å². The molecule has 1 aromatic carbocycles. The number of aliphatic hydroxyl groups excluding tert-OH is 3. The molecule has 6 N–H and O–H groups in total. The number of aromatic nitrogens is 4. The molecule has 0 spiro atoms. The number of fused-ring (bicyclic) bond motifs is 1. The first-order valence-corrected chi connectivity index (χ1v) is 8.03. The zero-order chi connectivity index (χ0) is 18.3. The van der Waals surface area contributed by atoms with Gasteiger partial charge in [-0.15, -0.1) is 0 Å². The maximum Gasteiger partial charge on any atom is 0.231 e. The van der Waals surface area contributed by atoms with Crippen LogP contribution in [0.4, 0.5) is 17.5 Å². The summed E-state index contributed by atoms with van der Waals surface area (Å²) in [7, 11) is 0. The fourth-order valence-electron chi connectivity index (χ4n) is 2.94. The molecule has 0 amide bonds. The number of nitrogens with two attached hydrogens (primary N) is 1. The van der Waals surface area contributed by atoms with E-state index >= 15 is 0 Å². The molecule has 26 heavy (non-hydrogen) atoms. The molecular weight excluding hydrogens is 340 g/mol. The van der Waals surface area contributed by atoms with Gasteiger partial charge in [0.15, 0.2) is 17.7 Å². The summed E-state index contributed by atoms with van der Waals surface area (Å²) in [5, 5.41) is 32.5. The Morgan fingerprint density at radius 1 is 1.15 bits per heavy atom. The molecule has 3 heterocycles. The molecule has 0 unspecified atom stereocenters. The summed E-state index contributed by atoms with van der Waals surface area (Å²) in [6.45, 7) is -0.417. The minimum Gasteiger partial charge on any atom is -0.394 e. The number of nitrogen functional groups attached to an aromatic ring is 1. The number of imidazole rings is 1. The molecular formula is C16H18N6O4. The molecule has 4 rings (SSSR count). The van der Waals surface area contributed by atoms with Crippen LogP contribution >= 0.6 is 0 Å². The number of nitrogens with one attached hydrogen (secondary N) is 1. The number of hydrogen-bond acceptors (Lipinski definition) is 9. The van der Waals surface area contributed by atoms with Gasteiger partial charge in [0.05, 0.1) is 12.9 Å². The van der Waals surface area contributed by atoms with Gasteiger partial charge in [-0.1, -0.05) is 18.2 Å². The fraction of sp³-hybridized carbons (Fsp3) is 0.312. The zero-order valence-electron chi connectivity index (χ0n) is 13.6. The van der Waals surface area contributed by atoms with Gasteiger partial charge in [0.1, 0.15) is 23.8 Å². The molecule has 1 fully saturated rings. The van der Waals surface area contributed by atoms with Crippen LogP contribution in [0.1, 0.15) is 6.23 Å². The number of aliphatic hydroxyl groups is 3. The highest BCUT2D eigenvalue weighted by molar-refractivity contribution is 5.83. The van der Waals surface area contributed by atoms with Gasteiger partial charge in [-0.3, -0.25) is 4.57 Å². The van der Waals surface area contributed by atoms with Gasteiger partial charge in [-0.2, -0.15) is 9.97 Å². The molecule has 3 aromatic rings.